The topological polar surface area (TPSA) is 102 Å². The van der Waals surface area contributed by atoms with Gasteiger partial charge in [0.15, 0.2) is 5.76 Å². The van der Waals surface area contributed by atoms with E-state index in [2.05, 4.69) is 26.2 Å². The second-order valence-corrected chi connectivity index (χ2v) is 8.84. The van der Waals surface area contributed by atoms with E-state index in [1.165, 1.54) is 8.99 Å². The van der Waals surface area contributed by atoms with Gasteiger partial charge in [0.2, 0.25) is 10.0 Å². The minimum absolute atomic E-state index is 0.141. The summed E-state index contributed by atoms with van der Waals surface area (Å²) < 4.78 is 34.1. The SMILES string of the molecule is Cc1noc(C)c1S(=O)(=O)N1CCCN(c2cnn(C)c(=O)c2Br)CC1. The van der Waals surface area contributed by atoms with Crippen molar-refractivity contribution in [2.45, 2.75) is 25.2 Å². The Labute approximate surface area is 159 Å². The molecule has 1 aliphatic heterocycles. The van der Waals surface area contributed by atoms with E-state index in [9.17, 15) is 13.2 Å². The average molecular weight is 446 g/mol. The first-order valence-electron chi connectivity index (χ1n) is 8.13. The van der Waals surface area contributed by atoms with E-state index in [4.69, 9.17) is 4.52 Å². The number of rotatable bonds is 3. The summed E-state index contributed by atoms with van der Waals surface area (Å²) in [5.74, 6) is 0.294. The lowest BCUT2D eigenvalue weighted by atomic mass is 10.3. The largest absolute Gasteiger partial charge is 0.368 e. The fourth-order valence-corrected chi connectivity index (χ4v) is 5.44. The van der Waals surface area contributed by atoms with E-state index < -0.39 is 10.0 Å². The van der Waals surface area contributed by atoms with Crippen molar-refractivity contribution in [3.8, 4) is 0 Å². The molecule has 0 radical (unpaired) electrons. The van der Waals surface area contributed by atoms with Gasteiger partial charge in [-0.2, -0.15) is 9.40 Å². The van der Waals surface area contributed by atoms with Crippen LogP contribution in [0.3, 0.4) is 0 Å². The maximum absolute atomic E-state index is 13.0. The first-order valence-corrected chi connectivity index (χ1v) is 10.4. The van der Waals surface area contributed by atoms with Crippen molar-refractivity contribution in [1.29, 1.82) is 0 Å². The molecule has 0 spiro atoms. The fraction of sp³-hybridized carbons (Fsp3) is 0.533. The van der Waals surface area contributed by atoms with Gasteiger partial charge in [0.25, 0.3) is 5.56 Å². The molecule has 0 saturated carbocycles. The van der Waals surface area contributed by atoms with Gasteiger partial charge in [0.1, 0.15) is 15.1 Å². The zero-order valence-electron chi connectivity index (χ0n) is 14.8. The van der Waals surface area contributed by atoms with Crippen LogP contribution in [-0.4, -0.2) is 53.8 Å². The number of hydrogen-bond acceptors (Lipinski definition) is 7. The van der Waals surface area contributed by atoms with Crippen LogP contribution in [0.5, 0.6) is 0 Å². The summed E-state index contributed by atoms with van der Waals surface area (Å²) in [5, 5.41) is 7.81. The Hall–Kier alpha value is -1.72. The maximum atomic E-state index is 13.0. The van der Waals surface area contributed by atoms with Gasteiger partial charge in [-0.15, -0.1) is 0 Å². The molecule has 3 heterocycles. The molecule has 26 heavy (non-hydrogen) atoms. The van der Waals surface area contributed by atoms with E-state index >= 15 is 0 Å². The molecular formula is C15H20BrN5O4S. The molecule has 0 bridgehead atoms. The molecule has 0 atom stereocenters. The van der Waals surface area contributed by atoms with Crippen molar-refractivity contribution >= 4 is 31.6 Å². The predicted octanol–water partition coefficient (Wildman–Crippen LogP) is 1.05. The number of nitrogens with zero attached hydrogens (tertiary/aromatic N) is 5. The highest BCUT2D eigenvalue weighted by Crippen LogP contribution is 2.26. The quantitative estimate of drug-likeness (QED) is 0.695. The molecule has 2 aromatic rings. The molecule has 142 valence electrons. The van der Waals surface area contributed by atoms with Gasteiger partial charge in [-0.1, -0.05) is 5.16 Å². The van der Waals surface area contributed by atoms with Crippen LogP contribution in [0.4, 0.5) is 5.69 Å². The third-order valence-electron chi connectivity index (χ3n) is 4.42. The van der Waals surface area contributed by atoms with Crippen LogP contribution >= 0.6 is 15.9 Å². The summed E-state index contributed by atoms with van der Waals surface area (Å²) in [6.45, 7) is 4.99. The van der Waals surface area contributed by atoms with E-state index in [-0.39, 0.29) is 10.5 Å². The van der Waals surface area contributed by atoms with Crippen molar-refractivity contribution in [2.75, 3.05) is 31.1 Å². The zero-order valence-corrected chi connectivity index (χ0v) is 17.2. The van der Waals surface area contributed by atoms with Crippen LogP contribution in [0.15, 0.2) is 24.9 Å². The first kappa shape index (κ1) is 19.1. The van der Waals surface area contributed by atoms with Gasteiger partial charge < -0.3 is 9.42 Å². The minimum Gasteiger partial charge on any atom is -0.368 e. The van der Waals surface area contributed by atoms with Crippen LogP contribution in [0, 0.1) is 13.8 Å². The maximum Gasteiger partial charge on any atom is 0.282 e. The molecule has 1 aliphatic rings. The molecule has 11 heteroatoms. The van der Waals surface area contributed by atoms with E-state index in [1.807, 2.05) is 4.90 Å². The van der Waals surface area contributed by atoms with Gasteiger partial charge in [-0.05, 0) is 36.2 Å². The first-order chi connectivity index (χ1) is 12.2. The third-order valence-corrected chi connectivity index (χ3v) is 7.31. The molecule has 0 amide bonds. The highest BCUT2D eigenvalue weighted by molar-refractivity contribution is 9.10. The van der Waals surface area contributed by atoms with Crippen molar-refractivity contribution in [3.05, 3.63) is 32.5 Å². The molecule has 1 saturated heterocycles. The predicted molar refractivity (Wildman–Crippen MR) is 98.7 cm³/mol. The van der Waals surface area contributed by atoms with Crippen molar-refractivity contribution in [3.63, 3.8) is 0 Å². The molecule has 9 nitrogen and oxygen atoms in total. The summed E-state index contributed by atoms with van der Waals surface area (Å²) in [6.07, 6.45) is 2.24. The Kier molecular flexibility index (Phi) is 5.22. The second-order valence-electron chi connectivity index (χ2n) is 6.17. The summed E-state index contributed by atoms with van der Waals surface area (Å²) in [7, 11) is -2.10. The summed E-state index contributed by atoms with van der Waals surface area (Å²) >= 11 is 3.33. The monoisotopic (exact) mass is 445 g/mol. The Morgan fingerprint density at radius 2 is 1.92 bits per heavy atom. The van der Waals surface area contributed by atoms with Gasteiger partial charge in [-0.25, -0.2) is 13.1 Å². The lowest BCUT2D eigenvalue weighted by molar-refractivity contribution is 0.389. The lowest BCUT2D eigenvalue weighted by Crippen LogP contribution is -2.36. The Bertz CT molecular complexity index is 965. The number of halogens is 1. The van der Waals surface area contributed by atoms with E-state index in [1.54, 1.807) is 27.1 Å². The highest BCUT2D eigenvalue weighted by atomic mass is 79.9. The van der Waals surface area contributed by atoms with E-state index in [0.29, 0.717) is 54.2 Å². The van der Waals surface area contributed by atoms with Crippen LogP contribution in [0.25, 0.3) is 0 Å². The van der Waals surface area contributed by atoms with Crippen LogP contribution in [-0.2, 0) is 17.1 Å². The Morgan fingerprint density at radius 1 is 1.19 bits per heavy atom. The summed E-state index contributed by atoms with van der Waals surface area (Å²) in [5.41, 5.74) is 0.804. The van der Waals surface area contributed by atoms with Crippen molar-refractivity contribution < 1.29 is 12.9 Å². The molecular weight excluding hydrogens is 426 g/mol. The van der Waals surface area contributed by atoms with Crippen molar-refractivity contribution in [1.82, 2.24) is 19.2 Å². The van der Waals surface area contributed by atoms with Crippen LogP contribution in [0.2, 0.25) is 0 Å². The van der Waals surface area contributed by atoms with Gasteiger partial charge in [-0.3, -0.25) is 4.79 Å². The standard InChI is InChI=1S/C15H20BrN5O4S/c1-10-14(11(2)25-18-10)26(23,24)21-6-4-5-20(7-8-21)12-9-17-19(3)15(22)13(12)16/h9H,4-8H2,1-3H3. The molecule has 0 N–H and O–H groups in total. The smallest absolute Gasteiger partial charge is 0.282 e. The molecule has 2 aromatic heterocycles. The summed E-state index contributed by atoms with van der Waals surface area (Å²) in [6, 6.07) is 0. The Balaban J connectivity index is 1.85. The van der Waals surface area contributed by atoms with Gasteiger partial charge in [0.05, 0.1) is 11.9 Å². The molecule has 0 unspecified atom stereocenters. The van der Waals surface area contributed by atoms with Gasteiger partial charge in [0, 0.05) is 33.2 Å². The number of anilines is 1. The van der Waals surface area contributed by atoms with Crippen LogP contribution in [0.1, 0.15) is 17.9 Å². The van der Waals surface area contributed by atoms with Crippen LogP contribution < -0.4 is 10.5 Å². The molecule has 1 fully saturated rings. The molecule has 0 aromatic carbocycles. The average Bonchev–Trinajstić information content (AvgIpc) is 2.79. The summed E-state index contributed by atoms with van der Waals surface area (Å²) in [4.78, 5) is 14.2. The van der Waals surface area contributed by atoms with Gasteiger partial charge >= 0.3 is 0 Å². The van der Waals surface area contributed by atoms with Crippen molar-refractivity contribution in [2.24, 2.45) is 7.05 Å². The number of hydrogen-bond donors (Lipinski definition) is 0. The number of aromatic nitrogens is 3. The Morgan fingerprint density at radius 3 is 2.58 bits per heavy atom. The number of aryl methyl sites for hydroxylation is 3. The lowest BCUT2D eigenvalue weighted by Gasteiger charge is -2.24. The molecule has 3 rings (SSSR count). The van der Waals surface area contributed by atoms with E-state index in [0.717, 1.165) is 0 Å². The molecule has 0 aliphatic carbocycles. The zero-order chi connectivity index (χ0) is 19.1. The fourth-order valence-electron chi connectivity index (χ4n) is 3.07. The number of sulfonamides is 1. The highest BCUT2D eigenvalue weighted by Gasteiger charge is 2.32. The minimum atomic E-state index is -3.68. The normalized spacial score (nSPS) is 16.7. The third kappa shape index (κ3) is 3.30. The second kappa shape index (κ2) is 7.12.